The molecule has 0 spiro atoms. The van der Waals surface area contributed by atoms with E-state index in [0.29, 0.717) is 6.04 Å². The zero-order chi connectivity index (χ0) is 11.5. The first-order valence-electron chi connectivity index (χ1n) is 6.05. The third-order valence-corrected chi connectivity index (χ3v) is 3.58. The molecule has 2 atom stereocenters. The van der Waals surface area contributed by atoms with Crippen molar-refractivity contribution in [3.8, 4) is 0 Å². The summed E-state index contributed by atoms with van der Waals surface area (Å²) in [6.45, 7) is 5.65. The molecule has 1 saturated heterocycles. The number of aryl methyl sites for hydroxylation is 1. The zero-order valence-electron chi connectivity index (χ0n) is 10.5. The molecular weight excluding hydrogens is 200 g/mol. The maximum atomic E-state index is 4.18. The Hall–Kier alpha value is -0.870. The number of rotatable bonds is 3. The molecule has 16 heavy (non-hydrogen) atoms. The normalized spacial score (nSPS) is 27.2. The van der Waals surface area contributed by atoms with Gasteiger partial charge in [0.2, 0.25) is 0 Å². The maximum absolute atomic E-state index is 4.18. The first-order chi connectivity index (χ1) is 7.66. The van der Waals surface area contributed by atoms with Crippen LogP contribution in [0, 0.1) is 5.92 Å². The van der Waals surface area contributed by atoms with Crippen LogP contribution in [0.15, 0.2) is 12.3 Å². The average Bonchev–Trinajstić information content (AvgIpc) is 2.63. The summed E-state index contributed by atoms with van der Waals surface area (Å²) in [5.41, 5.74) is 1.26. The fraction of sp³-hybridized carbons (Fsp3) is 0.750. The van der Waals surface area contributed by atoms with E-state index in [0.717, 1.165) is 12.5 Å². The summed E-state index contributed by atoms with van der Waals surface area (Å²) in [6, 6.07) is 2.72. The van der Waals surface area contributed by atoms with Crippen LogP contribution in [0.3, 0.4) is 0 Å². The van der Waals surface area contributed by atoms with Gasteiger partial charge in [-0.05, 0) is 32.0 Å². The highest BCUT2D eigenvalue weighted by molar-refractivity contribution is 5.00. The summed E-state index contributed by atoms with van der Waals surface area (Å²) < 4.78 is 1.94. The van der Waals surface area contributed by atoms with Gasteiger partial charge < -0.3 is 10.2 Å². The van der Waals surface area contributed by atoms with Crippen LogP contribution in [0.25, 0.3) is 0 Å². The maximum Gasteiger partial charge on any atom is 0.0518 e. The first-order valence-corrected chi connectivity index (χ1v) is 6.05. The van der Waals surface area contributed by atoms with E-state index >= 15 is 0 Å². The molecule has 1 aromatic rings. The molecule has 4 nitrogen and oxygen atoms in total. The second-order valence-corrected chi connectivity index (χ2v) is 4.96. The van der Waals surface area contributed by atoms with Crippen molar-refractivity contribution in [1.82, 2.24) is 20.0 Å². The minimum Gasteiger partial charge on any atom is -0.308 e. The van der Waals surface area contributed by atoms with Gasteiger partial charge in [-0.1, -0.05) is 6.92 Å². The number of piperidine rings is 1. The highest BCUT2D eigenvalue weighted by atomic mass is 15.3. The molecule has 0 saturated carbocycles. The standard InChI is InChI=1S/C12H22N4/c1-10-9-15(2)7-5-12(10)13-8-11-4-6-14-16(11)3/h4,6,10,12-13H,5,7-9H2,1-3H3. The quantitative estimate of drug-likeness (QED) is 0.823. The van der Waals surface area contributed by atoms with Crippen LogP contribution in [0.5, 0.6) is 0 Å². The predicted molar refractivity (Wildman–Crippen MR) is 65.1 cm³/mol. The Balaban J connectivity index is 1.84. The van der Waals surface area contributed by atoms with Crippen molar-refractivity contribution in [2.24, 2.45) is 13.0 Å². The number of aromatic nitrogens is 2. The molecule has 2 rings (SSSR count). The van der Waals surface area contributed by atoms with Crippen molar-refractivity contribution in [3.05, 3.63) is 18.0 Å². The Morgan fingerprint density at radius 1 is 1.50 bits per heavy atom. The number of hydrogen-bond acceptors (Lipinski definition) is 3. The lowest BCUT2D eigenvalue weighted by Gasteiger charge is -2.35. The molecule has 1 aliphatic rings. The van der Waals surface area contributed by atoms with E-state index < -0.39 is 0 Å². The average molecular weight is 222 g/mol. The van der Waals surface area contributed by atoms with Gasteiger partial charge in [0, 0.05) is 32.4 Å². The zero-order valence-corrected chi connectivity index (χ0v) is 10.5. The van der Waals surface area contributed by atoms with E-state index in [4.69, 9.17) is 0 Å². The smallest absolute Gasteiger partial charge is 0.0518 e. The predicted octanol–water partition coefficient (Wildman–Crippen LogP) is 0.850. The Kier molecular flexibility index (Phi) is 3.61. The topological polar surface area (TPSA) is 33.1 Å². The minimum absolute atomic E-state index is 0.645. The molecule has 2 heterocycles. The van der Waals surface area contributed by atoms with E-state index in [-0.39, 0.29) is 0 Å². The molecule has 0 aromatic carbocycles. The van der Waals surface area contributed by atoms with Crippen LogP contribution in [0.4, 0.5) is 0 Å². The highest BCUT2D eigenvalue weighted by Crippen LogP contribution is 2.15. The molecule has 1 fully saturated rings. The van der Waals surface area contributed by atoms with Crippen LogP contribution in [-0.2, 0) is 13.6 Å². The van der Waals surface area contributed by atoms with E-state index in [1.165, 1.54) is 25.2 Å². The molecule has 1 aliphatic heterocycles. The molecule has 0 radical (unpaired) electrons. The Bertz CT molecular complexity index is 334. The fourth-order valence-electron chi connectivity index (χ4n) is 2.47. The number of nitrogens with one attached hydrogen (secondary N) is 1. The molecule has 1 N–H and O–H groups in total. The van der Waals surface area contributed by atoms with Crippen molar-refractivity contribution in [1.29, 1.82) is 0 Å². The summed E-state index contributed by atoms with van der Waals surface area (Å²) in [7, 11) is 4.20. The van der Waals surface area contributed by atoms with E-state index in [2.05, 4.69) is 35.4 Å². The molecule has 0 amide bonds. The van der Waals surface area contributed by atoms with Gasteiger partial charge in [-0.25, -0.2) is 0 Å². The Labute approximate surface area is 97.6 Å². The van der Waals surface area contributed by atoms with Gasteiger partial charge in [0.05, 0.1) is 5.69 Å². The van der Waals surface area contributed by atoms with Gasteiger partial charge in [0.15, 0.2) is 0 Å². The lowest BCUT2D eigenvalue weighted by Crippen LogP contribution is -2.46. The van der Waals surface area contributed by atoms with Crippen LogP contribution >= 0.6 is 0 Å². The number of hydrogen-bond donors (Lipinski definition) is 1. The third-order valence-electron chi connectivity index (χ3n) is 3.58. The summed E-state index contributed by atoms with van der Waals surface area (Å²) in [5, 5.41) is 7.83. The van der Waals surface area contributed by atoms with Crippen molar-refractivity contribution in [2.75, 3.05) is 20.1 Å². The second kappa shape index (κ2) is 4.97. The molecule has 0 bridgehead atoms. The van der Waals surface area contributed by atoms with Crippen LogP contribution in [0.1, 0.15) is 19.0 Å². The third kappa shape index (κ3) is 2.62. The fourth-order valence-corrected chi connectivity index (χ4v) is 2.47. The lowest BCUT2D eigenvalue weighted by molar-refractivity contribution is 0.174. The van der Waals surface area contributed by atoms with E-state index in [1.54, 1.807) is 0 Å². The molecular formula is C12H22N4. The largest absolute Gasteiger partial charge is 0.308 e. The highest BCUT2D eigenvalue weighted by Gasteiger charge is 2.23. The summed E-state index contributed by atoms with van der Waals surface area (Å²) in [5.74, 6) is 0.729. The minimum atomic E-state index is 0.645. The van der Waals surface area contributed by atoms with Gasteiger partial charge in [0.25, 0.3) is 0 Å². The summed E-state index contributed by atoms with van der Waals surface area (Å²) in [4.78, 5) is 2.41. The van der Waals surface area contributed by atoms with Crippen molar-refractivity contribution in [2.45, 2.75) is 25.9 Å². The van der Waals surface area contributed by atoms with Crippen molar-refractivity contribution < 1.29 is 0 Å². The Morgan fingerprint density at radius 3 is 2.94 bits per heavy atom. The SMILES string of the molecule is CC1CN(C)CCC1NCc1ccnn1C. The van der Waals surface area contributed by atoms with E-state index in [1.807, 2.05) is 17.9 Å². The Morgan fingerprint density at radius 2 is 2.31 bits per heavy atom. The lowest BCUT2D eigenvalue weighted by atomic mass is 9.94. The second-order valence-electron chi connectivity index (χ2n) is 4.96. The summed E-state index contributed by atoms with van der Waals surface area (Å²) >= 11 is 0. The van der Waals surface area contributed by atoms with Crippen molar-refractivity contribution in [3.63, 3.8) is 0 Å². The number of likely N-dealkylation sites (tertiary alicyclic amines) is 1. The molecule has 0 aliphatic carbocycles. The van der Waals surface area contributed by atoms with Crippen molar-refractivity contribution >= 4 is 0 Å². The van der Waals surface area contributed by atoms with Crippen LogP contribution in [-0.4, -0.2) is 40.9 Å². The van der Waals surface area contributed by atoms with Gasteiger partial charge in [-0.2, -0.15) is 5.10 Å². The van der Waals surface area contributed by atoms with E-state index in [9.17, 15) is 0 Å². The molecule has 90 valence electrons. The van der Waals surface area contributed by atoms with Crippen LogP contribution in [0.2, 0.25) is 0 Å². The molecule has 4 heteroatoms. The van der Waals surface area contributed by atoms with Crippen LogP contribution < -0.4 is 5.32 Å². The van der Waals surface area contributed by atoms with Gasteiger partial charge in [-0.15, -0.1) is 0 Å². The van der Waals surface area contributed by atoms with Gasteiger partial charge >= 0.3 is 0 Å². The molecule has 1 aromatic heterocycles. The summed E-state index contributed by atoms with van der Waals surface area (Å²) in [6.07, 6.45) is 3.10. The van der Waals surface area contributed by atoms with Gasteiger partial charge in [-0.3, -0.25) is 4.68 Å². The van der Waals surface area contributed by atoms with Gasteiger partial charge in [0.1, 0.15) is 0 Å². The molecule has 2 unspecified atom stereocenters. The monoisotopic (exact) mass is 222 g/mol. The number of nitrogens with zero attached hydrogens (tertiary/aromatic N) is 3. The first kappa shape index (κ1) is 11.6.